The maximum absolute atomic E-state index is 13.0. The first kappa shape index (κ1) is 30.9. The first-order valence-corrected chi connectivity index (χ1v) is 15.9. The summed E-state index contributed by atoms with van der Waals surface area (Å²) >= 11 is 0. The van der Waals surface area contributed by atoms with Crippen LogP contribution in [0.5, 0.6) is 0 Å². The van der Waals surface area contributed by atoms with Crippen molar-refractivity contribution >= 4 is 39.1 Å². The van der Waals surface area contributed by atoms with Gasteiger partial charge in [-0.05, 0) is 102 Å². The lowest BCUT2D eigenvalue weighted by atomic mass is 9.73. The fourth-order valence-corrected chi connectivity index (χ4v) is 7.23. The molecule has 3 fully saturated rings. The maximum atomic E-state index is 13.0. The molecular formula is C38H35F3N4O2. The van der Waals surface area contributed by atoms with E-state index in [4.69, 9.17) is 4.74 Å². The summed E-state index contributed by atoms with van der Waals surface area (Å²) in [6.07, 6.45) is 1.32. The van der Waals surface area contributed by atoms with Crippen molar-refractivity contribution in [1.29, 1.82) is 0 Å². The number of piperidine rings is 3. The lowest BCUT2D eigenvalue weighted by molar-refractivity contribution is -0.137. The van der Waals surface area contributed by atoms with Gasteiger partial charge in [0.15, 0.2) is 0 Å². The Kier molecular flexibility index (Phi) is 8.42. The zero-order valence-electron chi connectivity index (χ0n) is 25.7. The molecule has 4 aromatic carbocycles. The number of amides is 2. The van der Waals surface area contributed by atoms with Gasteiger partial charge in [-0.25, -0.2) is 4.79 Å². The number of carbonyl (C=O) groups is 1. The van der Waals surface area contributed by atoms with Crippen LogP contribution >= 0.6 is 0 Å². The van der Waals surface area contributed by atoms with Gasteiger partial charge in [0.25, 0.3) is 0 Å². The number of halogens is 3. The van der Waals surface area contributed by atoms with Gasteiger partial charge in [0.2, 0.25) is 0 Å². The molecule has 0 spiro atoms. The van der Waals surface area contributed by atoms with Gasteiger partial charge in [0, 0.05) is 35.5 Å². The third-order valence-electron chi connectivity index (χ3n) is 9.61. The van der Waals surface area contributed by atoms with Crippen molar-refractivity contribution in [3.05, 3.63) is 127 Å². The van der Waals surface area contributed by atoms with E-state index in [1.807, 2.05) is 30.3 Å². The molecule has 0 aliphatic carbocycles. The zero-order chi connectivity index (χ0) is 32.5. The maximum Gasteiger partial charge on any atom is 0.416 e. The van der Waals surface area contributed by atoms with Crippen LogP contribution in [0, 0.1) is 11.8 Å². The number of hydrogen-bond donors (Lipinski definition) is 2. The molecule has 5 aromatic rings. The molecule has 4 heterocycles. The molecule has 1 aromatic heterocycles. The number of carbonyl (C=O) groups excluding carboxylic acids is 1. The molecule has 2 N–H and O–H groups in total. The van der Waals surface area contributed by atoms with E-state index in [-0.39, 0.29) is 17.8 Å². The van der Waals surface area contributed by atoms with Crippen LogP contribution in [0.2, 0.25) is 0 Å². The second-order valence-electron chi connectivity index (χ2n) is 12.4. The molecule has 0 radical (unpaired) electrons. The number of pyridine rings is 1. The second kappa shape index (κ2) is 12.8. The summed E-state index contributed by atoms with van der Waals surface area (Å²) in [6.45, 7) is 6.49. The Labute approximate surface area is 271 Å². The number of nitrogens with one attached hydrogen (secondary N) is 2. The Hall–Kier alpha value is -4.73. The fourth-order valence-electron chi connectivity index (χ4n) is 7.23. The highest BCUT2D eigenvalue weighted by molar-refractivity contribution is 6.01. The highest BCUT2D eigenvalue weighted by Gasteiger charge is 2.43. The van der Waals surface area contributed by atoms with Crippen LogP contribution in [0.15, 0.2) is 110 Å². The lowest BCUT2D eigenvalue weighted by Crippen LogP contribution is -2.55. The number of rotatable bonds is 8. The van der Waals surface area contributed by atoms with E-state index in [0.717, 1.165) is 65.5 Å². The third kappa shape index (κ3) is 6.46. The summed E-state index contributed by atoms with van der Waals surface area (Å²) < 4.78 is 45.8. The molecule has 240 valence electrons. The van der Waals surface area contributed by atoms with Crippen LogP contribution in [0.4, 0.5) is 29.3 Å². The Morgan fingerprint density at radius 1 is 0.979 bits per heavy atom. The Balaban J connectivity index is 1.18. The Morgan fingerprint density at radius 3 is 2.51 bits per heavy atom. The number of alkyl halides is 3. The van der Waals surface area contributed by atoms with E-state index in [1.54, 1.807) is 12.3 Å². The van der Waals surface area contributed by atoms with Crippen LogP contribution < -0.4 is 10.6 Å². The second-order valence-corrected chi connectivity index (χ2v) is 12.4. The Bertz CT molecular complexity index is 1920. The van der Waals surface area contributed by atoms with Gasteiger partial charge in [-0.2, -0.15) is 13.2 Å². The minimum atomic E-state index is -4.45. The largest absolute Gasteiger partial charge is 0.416 e. The van der Waals surface area contributed by atoms with Crippen molar-refractivity contribution in [2.45, 2.75) is 37.8 Å². The van der Waals surface area contributed by atoms with Crippen molar-refractivity contribution < 1.29 is 22.7 Å². The minimum absolute atomic E-state index is 0.158. The quantitative estimate of drug-likeness (QED) is 0.167. The average Bonchev–Trinajstić information content (AvgIpc) is 3.08. The monoisotopic (exact) mass is 636 g/mol. The predicted octanol–water partition coefficient (Wildman–Crippen LogP) is 9.21. The van der Waals surface area contributed by atoms with Gasteiger partial charge >= 0.3 is 12.2 Å². The van der Waals surface area contributed by atoms with Crippen molar-refractivity contribution in [2.75, 3.05) is 23.7 Å². The van der Waals surface area contributed by atoms with Gasteiger partial charge in [-0.1, -0.05) is 48.5 Å². The standard InChI is InChI=1S/C38H35F3N4O2/c1-2-24-22-45-19-17-26(24)20-35(45)36(47-23-27-8-5-7-25-6-3-4-9-31(25)27)32-16-18-42-34-15-14-30(21-33(32)34)44-37(46)43-29-12-10-28(11-13-29)38(39,40)41/h2-16,18,21,24,26,35-36H,1,17,19-20,22-23H2,(H2,43,44,46)/t24-,26-,35+,36-/m0/s1. The summed E-state index contributed by atoms with van der Waals surface area (Å²) in [5.41, 5.74) is 2.89. The molecule has 2 bridgehead atoms. The molecule has 6 nitrogen and oxygen atoms in total. The first-order chi connectivity index (χ1) is 22.8. The van der Waals surface area contributed by atoms with E-state index >= 15 is 0 Å². The predicted molar refractivity (Wildman–Crippen MR) is 179 cm³/mol. The van der Waals surface area contributed by atoms with Crippen LogP contribution in [0.25, 0.3) is 21.7 Å². The molecule has 3 saturated heterocycles. The number of fused-ring (bicyclic) bond motifs is 5. The average molecular weight is 637 g/mol. The SMILES string of the molecule is C=C[C@H]1CN2CC[C@H]1C[C@@H]2[C@@H](OCc1cccc2ccccc12)c1ccnc2ccc(NC(=O)Nc3ccc(C(F)(F)F)cc3)cc12. The molecule has 0 saturated carbocycles. The van der Waals surface area contributed by atoms with Crippen molar-refractivity contribution in [1.82, 2.24) is 9.88 Å². The number of urea groups is 1. The van der Waals surface area contributed by atoms with E-state index in [1.165, 1.54) is 17.5 Å². The molecule has 1 unspecified atom stereocenters. The van der Waals surface area contributed by atoms with Crippen molar-refractivity contribution in [3.8, 4) is 0 Å². The summed E-state index contributed by atoms with van der Waals surface area (Å²) in [7, 11) is 0. The molecule has 3 aliphatic heterocycles. The van der Waals surface area contributed by atoms with E-state index in [0.29, 0.717) is 24.1 Å². The third-order valence-corrected chi connectivity index (χ3v) is 9.61. The van der Waals surface area contributed by atoms with Gasteiger partial charge < -0.3 is 15.4 Å². The Morgan fingerprint density at radius 2 is 1.74 bits per heavy atom. The molecule has 47 heavy (non-hydrogen) atoms. The molecular weight excluding hydrogens is 601 g/mol. The van der Waals surface area contributed by atoms with Crippen LogP contribution in [-0.2, 0) is 17.5 Å². The smallest absolute Gasteiger partial charge is 0.367 e. The van der Waals surface area contributed by atoms with Gasteiger partial charge in [0.1, 0.15) is 0 Å². The minimum Gasteiger partial charge on any atom is -0.367 e. The number of nitrogens with zero attached hydrogens (tertiary/aromatic N) is 2. The molecule has 5 atom stereocenters. The van der Waals surface area contributed by atoms with Crippen LogP contribution in [-0.4, -0.2) is 35.0 Å². The molecule has 9 heteroatoms. The van der Waals surface area contributed by atoms with Gasteiger partial charge in [-0.3, -0.25) is 9.88 Å². The number of ether oxygens (including phenoxy) is 1. The summed E-state index contributed by atoms with van der Waals surface area (Å²) in [5, 5.41) is 8.64. The number of aromatic nitrogens is 1. The van der Waals surface area contributed by atoms with Gasteiger partial charge in [0.05, 0.1) is 23.8 Å². The normalized spacial score (nSPS) is 21.4. The zero-order valence-corrected chi connectivity index (χ0v) is 25.7. The van der Waals surface area contributed by atoms with E-state index < -0.39 is 17.8 Å². The summed E-state index contributed by atoms with van der Waals surface area (Å²) in [4.78, 5) is 20.0. The van der Waals surface area contributed by atoms with E-state index in [2.05, 4.69) is 63.5 Å². The lowest BCUT2D eigenvalue weighted by Gasteiger charge is -2.51. The topological polar surface area (TPSA) is 66.5 Å². The number of anilines is 2. The van der Waals surface area contributed by atoms with Crippen LogP contribution in [0.3, 0.4) is 0 Å². The van der Waals surface area contributed by atoms with Crippen LogP contribution in [0.1, 0.15) is 35.6 Å². The molecule has 8 rings (SSSR count). The fraction of sp³-hybridized carbons (Fsp3) is 0.263. The highest BCUT2D eigenvalue weighted by atomic mass is 19.4. The number of benzene rings is 4. The van der Waals surface area contributed by atoms with E-state index in [9.17, 15) is 18.0 Å². The molecule has 2 amide bonds. The first-order valence-electron chi connectivity index (χ1n) is 15.9. The van der Waals surface area contributed by atoms with Gasteiger partial charge in [-0.15, -0.1) is 6.58 Å². The summed E-state index contributed by atoms with van der Waals surface area (Å²) in [5.74, 6) is 1.01. The van der Waals surface area contributed by atoms with Crippen molar-refractivity contribution in [2.24, 2.45) is 11.8 Å². The highest BCUT2D eigenvalue weighted by Crippen LogP contribution is 2.44. The van der Waals surface area contributed by atoms with Crippen molar-refractivity contribution in [3.63, 3.8) is 0 Å². The summed E-state index contributed by atoms with van der Waals surface area (Å²) in [6, 6.07) is 26.0. The number of hydrogen-bond acceptors (Lipinski definition) is 4. The molecule has 3 aliphatic rings.